The summed E-state index contributed by atoms with van der Waals surface area (Å²) in [5.41, 5.74) is 0. The lowest BCUT2D eigenvalue weighted by atomic mass is 10.0. The number of carbonyl (C=O) groups excluding carboxylic acids is 2. The van der Waals surface area contributed by atoms with Gasteiger partial charge in [-0.05, 0) is 25.7 Å². The third-order valence-electron chi connectivity index (χ3n) is 18.2. The predicted octanol–water partition coefficient (Wildman–Crippen LogP) is 24.5. The van der Waals surface area contributed by atoms with E-state index in [0.717, 1.165) is 38.5 Å². The number of rotatable bonds is 72. The molecule has 0 aromatic carbocycles. The molecule has 2 unspecified atom stereocenters. The fourth-order valence-corrected chi connectivity index (χ4v) is 12.4. The standard InChI is InChI=1S/C75H149NO5/c1-3-5-7-9-11-13-15-17-19-21-31-35-39-43-47-51-55-59-63-67-73(78)72(71-77)76-74(79)68-64-60-56-52-48-44-40-36-33-29-27-25-23-24-26-28-30-34-38-42-46-50-54-58-62-66-70-81-75(80)69-65-61-57-53-49-45-41-37-32-22-20-18-16-14-12-10-8-6-4-2/h72-73,77-78H,3-71H2,1-2H3,(H,76,79). The van der Waals surface area contributed by atoms with Crippen LogP contribution in [0.3, 0.4) is 0 Å². The van der Waals surface area contributed by atoms with Crippen molar-refractivity contribution in [2.24, 2.45) is 0 Å². The van der Waals surface area contributed by atoms with Crippen LogP contribution in [0.15, 0.2) is 0 Å². The largest absolute Gasteiger partial charge is 0.466 e. The van der Waals surface area contributed by atoms with E-state index in [1.807, 2.05) is 0 Å². The van der Waals surface area contributed by atoms with Gasteiger partial charge in [0.1, 0.15) is 0 Å². The number of amides is 1. The Labute approximate surface area is 508 Å². The molecule has 0 rings (SSSR count). The summed E-state index contributed by atoms with van der Waals surface area (Å²) in [5.74, 6) is -0.00359. The zero-order valence-electron chi connectivity index (χ0n) is 55.6. The molecule has 0 spiro atoms. The monoisotopic (exact) mass is 1140 g/mol. The van der Waals surface area contributed by atoms with E-state index in [-0.39, 0.29) is 18.5 Å². The van der Waals surface area contributed by atoms with Gasteiger partial charge in [-0.15, -0.1) is 0 Å². The van der Waals surface area contributed by atoms with Crippen LogP contribution in [-0.4, -0.2) is 47.4 Å². The van der Waals surface area contributed by atoms with Gasteiger partial charge in [0.15, 0.2) is 0 Å². The van der Waals surface area contributed by atoms with Gasteiger partial charge in [0, 0.05) is 12.8 Å². The zero-order chi connectivity index (χ0) is 58.5. The molecule has 0 saturated carbocycles. The fraction of sp³-hybridized carbons (Fsp3) is 0.973. The number of unbranched alkanes of at least 4 members (excludes halogenated alkanes) is 61. The van der Waals surface area contributed by atoms with Gasteiger partial charge >= 0.3 is 5.97 Å². The first-order valence-corrected chi connectivity index (χ1v) is 37.8. The van der Waals surface area contributed by atoms with E-state index >= 15 is 0 Å². The van der Waals surface area contributed by atoms with Crippen LogP contribution in [0.4, 0.5) is 0 Å². The van der Waals surface area contributed by atoms with Gasteiger partial charge in [0.25, 0.3) is 0 Å². The molecule has 0 aliphatic rings. The average molecular weight is 1150 g/mol. The number of ether oxygens (including phenoxy) is 1. The summed E-state index contributed by atoms with van der Waals surface area (Å²) in [7, 11) is 0. The summed E-state index contributed by atoms with van der Waals surface area (Å²) in [6.45, 7) is 5.02. The van der Waals surface area contributed by atoms with E-state index in [1.54, 1.807) is 0 Å². The molecular formula is C75H149NO5. The van der Waals surface area contributed by atoms with Crippen molar-refractivity contribution in [2.75, 3.05) is 13.2 Å². The van der Waals surface area contributed by atoms with Crippen LogP contribution in [0, 0.1) is 0 Å². The molecule has 81 heavy (non-hydrogen) atoms. The summed E-state index contributed by atoms with van der Waals surface area (Å²) in [5, 5.41) is 23.4. The molecule has 1 amide bonds. The van der Waals surface area contributed by atoms with Crippen molar-refractivity contribution in [1.29, 1.82) is 0 Å². The van der Waals surface area contributed by atoms with Crippen molar-refractivity contribution in [2.45, 2.75) is 456 Å². The Morgan fingerprint density at radius 3 is 0.753 bits per heavy atom. The van der Waals surface area contributed by atoms with Crippen LogP contribution in [0.5, 0.6) is 0 Å². The lowest BCUT2D eigenvalue weighted by molar-refractivity contribution is -0.143. The van der Waals surface area contributed by atoms with E-state index in [0.29, 0.717) is 25.9 Å². The van der Waals surface area contributed by atoms with Crippen LogP contribution in [0.25, 0.3) is 0 Å². The van der Waals surface area contributed by atoms with Crippen molar-refractivity contribution >= 4 is 11.9 Å². The van der Waals surface area contributed by atoms with Crippen molar-refractivity contribution in [1.82, 2.24) is 5.32 Å². The second kappa shape index (κ2) is 71.3. The second-order valence-corrected chi connectivity index (χ2v) is 26.4. The highest BCUT2D eigenvalue weighted by atomic mass is 16.5. The van der Waals surface area contributed by atoms with E-state index in [2.05, 4.69) is 19.2 Å². The topological polar surface area (TPSA) is 95.9 Å². The zero-order valence-corrected chi connectivity index (χ0v) is 55.6. The summed E-state index contributed by atoms with van der Waals surface area (Å²) in [6, 6.07) is -0.539. The summed E-state index contributed by atoms with van der Waals surface area (Å²) < 4.78 is 5.52. The number of aliphatic hydroxyl groups excluding tert-OH is 2. The Morgan fingerprint density at radius 2 is 0.506 bits per heavy atom. The van der Waals surface area contributed by atoms with Crippen molar-refractivity contribution in [3.8, 4) is 0 Å². The van der Waals surface area contributed by atoms with E-state index in [4.69, 9.17) is 4.74 Å². The van der Waals surface area contributed by atoms with Crippen molar-refractivity contribution in [3.63, 3.8) is 0 Å². The quantitative estimate of drug-likeness (QED) is 0.0417. The Morgan fingerprint density at radius 1 is 0.296 bits per heavy atom. The average Bonchev–Trinajstić information content (AvgIpc) is 3.47. The van der Waals surface area contributed by atoms with Gasteiger partial charge in [-0.1, -0.05) is 406 Å². The summed E-state index contributed by atoms with van der Waals surface area (Å²) in [4.78, 5) is 24.7. The maximum atomic E-state index is 12.5. The molecule has 0 aromatic heterocycles. The molecule has 0 aliphatic heterocycles. The summed E-state index contributed by atoms with van der Waals surface area (Å²) in [6.07, 6.45) is 87.4. The Kier molecular flexibility index (Phi) is 70.3. The molecule has 6 nitrogen and oxygen atoms in total. The molecule has 0 radical (unpaired) electrons. The van der Waals surface area contributed by atoms with Gasteiger partial charge in [-0.3, -0.25) is 9.59 Å². The molecular weight excluding hydrogens is 995 g/mol. The molecule has 2 atom stereocenters. The third-order valence-corrected chi connectivity index (χ3v) is 18.2. The third kappa shape index (κ3) is 67.9. The molecule has 0 fully saturated rings. The lowest BCUT2D eigenvalue weighted by Crippen LogP contribution is -2.45. The van der Waals surface area contributed by atoms with Crippen molar-refractivity contribution in [3.05, 3.63) is 0 Å². The van der Waals surface area contributed by atoms with E-state index in [1.165, 1.54) is 372 Å². The molecule has 0 saturated heterocycles. The van der Waals surface area contributed by atoms with Crippen LogP contribution in [0.2, 0.25) is 0 Å². The minimum Gasteiger partial charge on any atom is -0.466 e. The minimum atomic E-state index is -0.662. The van der Waals surface area contributed by atoms with Gasteiger partial charge < -0.3 is 20.3 Å². The SMILES string of the molecule is CCCCCCCCCCCCCCCCCCCCCC(=O)OCCCCCCCCCCCCCCCCCCCCCCCCCCCCC(=O)NC(CO)C(O)CCCCCCCCCCCCCCCCCCCCC. The molecule has 0 aromatic rings. The highest BCUT2D eigenvalue weighted by Gasteiger charge is 2.20. The minimum absolute atomic E-state index is 0.0237. The van der Waals surface area contributed by atoms with Gasteiger partial charge in [0.2, 0.25) is 5.91 Å². The first kappa shape index (κ1) is 79.9. The summed E-state index contributed by atoms with van der Waals surface area (Å²) >= 11 is 0. The molecule has 0 aliphatic carbocycles. The highest BCUT2D eigenvalue weighted by Crippen LogP contribution is 2.20. The number of esters is 1. The molecule has 3 N–H and O–H groups in total. The second-order valence-electron chi connectivity index (χ2n) is 26.4. The number of hydrogen-bond donors (Lipinski definition) is 3. The fourth-order valence-electron chi connectivity index (χ4n) is 12.4. The van der Waals surface area contributed by atoms with Crippen LogP contribution in [-0.2, 0) is 14.3 Å². The smallest absolute Gasteiger partial charge is 0.305 e. The Balaban J connectivity index is 3.32. The van der Waals surface area contributed by atoms with Crippen LogP contribution < -0.4 is 5.32 Å². The van der Waals surface area contributed by atoms with E-state index < -0.39 is 12.1 Å². The van der Waals surface area contributed by atoms with Crippen molar-refractivity contribution < 1.29 is 24.5 Å². The molecule has 6 heteroatoms. The van der Waals surface area contributed by atoms with E-state index in [9.17, 15) is 19.8 Å². The normalized spacial score (nSPS) is 12.4. The first-order chi connectivity index (χ1) is 40.0. The van der Waals surface area contributed by atoms with Crippen LogP contribution in [0.1, 0.15) is 444 Å². The maximum Gasteiger partial charge on any atom is 0.305 e. The number of aliphatic hydroxyl groups is 2. The predicted molar refractivity (Wildman–Crippen MR) is 357 cm³/mol. The Hall–Kier alpha value is -1.14. The van der Waals surface area contributed by atoms with Crippen LogP contribution >= 0.6 is 0 Å². The Bertz CT molecular complexity index is 1180. The van der Waals surface area contributed by atoms with Gasteiger partial charge in [-0.25, -0.2) is 0 Å². The number of hydrogen-bond acceptors (Lipinski definition) is 5. The van der Waals surface area contributed by atoms with Gasteiger partial charge in [-0.2, -0.15) is 0 Å². The number of nitrogens with one attached hydrogen (secondary N) is 1. The van der Waals surface area contributed by atoms with Gasteiger partial charge in [0.05, 0.1) is 25.4 Å². The highest BCUT2D eigenvalue weighted by molar-refractivity contribution is 5.76. The molecule has 0 heterocycles. The lowest BCUT2D eigenvalue weighted by Gasteiger charge is -2.22. The first-order valence-electron chi connectivity index (χ1n) is 37.8. The maximum absolute atomic E-state index is 12.5. The molecule has 0 bridgehead atoms. The number of carbonyl (C=O) groups is 2. The molecule has 484 valence electrons.